The standard InChI is InChI=1S/C17H28N2OS/c1-16(2,3)21(20)19-15(11-18)10-17-7-12-4-13(8-17)6-14(5-12)9-17/h12-15,19H,4-10H2,1-3H3/t12?,13?,14?,15?,17?,21-/m0/s1. The van der Waals surface area contributed by atoms with Crippen LogP contribution in [0.25, 0.3) is 0 Å². The Morgan fingerprint density at radius 3 is 2.05 bits per heavy atom. The summed E-state index contributed by atoms with van der Waals surface area (Å²) in [6.07, 6.45) is 9.10. The van der Waals surface area contributed by atoms with E-state index >= 15 is 0 Å². The Balaban J connectivity index is 1.66. The highest BCUT2D eigenvalue weighted by Crippen LogP contribution is 2.61. The Morgan fingerprint density at radius 1 is 1.19 bits per heavy atom. The lowest BCUT2D eigenvalue weighted by molar-refractivity contribution is -0.0588. The first-order valence-electron chi connectivity index (χ1n) is 8.37. The van der Waals surface area contributed by atoms with Crippen LogP contribution in [0, 0.1) is 34.5 Å². The van der Waals surface area contributed by atoms with Gasteiger partial charge in [-0.2, -0.15) is 5.26 Å². The van der Waals surface area contributed by atoms with Crippen molar-refractivity contribution in [2.75, 3.05) is 0 Å². The monoisotopic (exact) mass is 308 g/mol. The molecule has 1 unspecified atom stereocenters. The van der Waals surface area contributed by atoms with Gasteiger partial charge in [-0.1, -0.05) is 0 Å². The van der Waals surface area contributed by atoms with E-state index in [4.69, 9.17) is 0 Å². The summed E-state index contributed by atoms with van der Waals surface area (Å²) >= 11 is -1.15. The molecule has 0 aromatic heterocycles. The third kappa shape index (κ3) is 3.25. The molecule has 0 amide bonds. The van der Waals surface area contributed by atoms with Gasteiger partial charge in [0.2, 0.25) is 0 Å². The molecular formula is C17H28N2OS. The van der Waals surface area contributed by atoms with Crippen LogP contribution in [0.5, 0.6) is 0 Å². The third-order valence-corrected chi connectivity index (χ3v) is 7.37. The summed E-state index contributed by atoms with van der Waals surface area (Å²) in [6, 6.07) is 2.11. The van der Waals surface area contributed by atoms with Crippen LogP contribution in [0.1, 0.15) is 65.7 Å². The van der Waals surface area contributed by atoms with Gasteiger partial charge in [-0.15, -0.1) is 4.72 Å². The summed E-state index contributed by atoms with van der Waals surface area (Å²) in [6.45, 7) is 5.86. The first-order valence-corrected chi connectivity index (χ1v) is 9.52. The lowest BCUT2D eigenvalue weighted by atomic mass is 9.48. The molecule has 0 aromatic rings. The number of rotatable bonds is 4. The SMILES string of the molecule is CC(C)(C)[S@+]([O-])NC(C#N)CC12CC3CC(CC(C3)C1)C2. The van der Waals surface area contributed by atoms with Crippen molar-refractivity contribution in [3.8, 4) is 6.07 Å². The number of hydrogen-bond acceptors (Lipinski definition) is 3. The molecule has 4 aliphatic carbocycles. The van der Waals surface area contributed by atoms with Crippen LogP contribution < -0.4 is 4.72 Å². The molecule has 4 aliphatic rings. The van der Waals surface area contributed by atoms with Crippen LogP contribution >= 0.6 is 0 Å². The maximum absolute atomic E-state index is 12.3. The van der Waals surface area contributed by atoms with E-state index in [1.54, 1.807) is 0 Å². The summed E-state index contributed by atoms with van der Waals surface area (Å²) in [5.41, 5.74) is 0.365. The van der Waals surface area contributed by atoms with E-state index in [0.29, 0.717) is 5.41 Å². The van der Waals surface area contributed by atoms with Crippen molar-refractivity contribution < 1.29 is 4.55 Å². The maximum atomic E-state index is 12.3. The van der Waals surface area contributed by atoms with E-state index < -0.39 is 11.4 Å². The number of nitrogens with one attached hydrogen (secondary N) is 1. The summed E-state index contributed by atoms with van der Waals surface area (Å²) in [5, 5.41) is 9.50. The molecule has 0 radical (unpaired) electrons. The molecule has 2 atom stereocenters. The van der Waals surface area contributed by atoms with Gasteiger partial charge in [0.1, 0.15) is 10.8 Å². The molecule has 1 N–H and O–H groups in total. The van der Waals surface area contributed by atoms with Gasteiger partial charge in [0, 0.05) is 11.4 Å². The molecule has 0 aromatic carbocycles. The van der Waals surface area contributed by atoms with E-state index in [1.807, 2.05) is 20.8 Å². The van der Waals surface area contributed by atoms with Gasteiger partial charge in [-0.25, -0.2) is 0 Å². The Morgan fingerprint density at radius 2 is 1.67 bits per heavy atom. The van der Waals surface area contributed by atoms with Crippen LogP contribution in [0.15, 0.2) is 0 Å². The first-order chi connectivity index (χ1) is 9.79. The Bertz CT molecular complexity index is 402. The molecule has 0 spiro atoms. The minimum Gasteiger partial charge on any atom is -0.598 e. The molecule has 118 valence electrons. The van der Waals surface area contributed by atoms with Gasteiger partial charge in [-0.05, 0) is 88.9 Å². The minimum atomic E-state index is -1.15. The third-order valence-electron chi connectivity index (χ3n) is 5.76. The van der Waals surface area contributed by atoms with Gasteiger partial charge in [-0.3, -0.25) is 0 Å². The second-order valence-corrected chi connectivity index (χ2v) is 10.8. The van der Waals surface area contributed by atoms with E-state index in [-0.39, 0.29) is 10.8 Å². The molecule has 4 saturated carbocycles. The van der Waals surface area contributed by atoms with Crippen LogP contribution in [-0.2, 0) is 11.4 Å². The average Bonchev–Trinajstić information content (AvgIpc) is 2.34. The Labute approximate surface area is 132 Å². The fraction of sp³-hybridized carbons (Fsp3) is 0.941. The smallest absolute Gasteiger partial charge is 0.139 e. The second-order valence-electron chi connectivity index (χ2n) is 8.80. The van der Waals surface area contributed by atoms with Gasteiger partial charge >= 0.3 is 0 Å². The molecule has 4 heteroatoms. The van der Waals surface area contributed by atoms with Gasteiger partial charge in [0.25, 0.3) is 0 Å². The Kier molecular flexibility index (Phi) is 4.05. The van der Waals surface area contributed by atoms with Crippen molar-refractivity contribution in [3.05, 3.63) is 0 Å². The summed E-state index contributed by atoms with van der Waals surface area (Å²) in [4.78, 5) is 0. The maximum Gasteiger partial charge on any atom is 0.139 e. The zero-order valence-electron chi connectivity index (χ0n) is 13.5. The largest absolute Gasteiger partial charge is 0.598 e. The quantitative estimate of drug-likeness (QED) is 0.808. The van der Waals surface area contributed by atoms with Crippen molar-refractivity contribution in [1.82, 2.24) is 4.72 Å². The molecule has 0 heterocycles. The zero-order valence-corrected chi connectivity index (χ0v) is 14.3. The van der Waals surface area contributed by atoms with Crippen molar-refractivity contribution in [2.24, 2.45) is 23.2 Å². The summed E-state index contributed by atoms with van der Waals surface area (Å²) in [5.74, 6) is 2.72. The molecule has 0 aliphatic heterocycles. The van der Waals surface area contributed by atoms with Crippen LogP contribution in [0.2, 0.25) is 0 Å². The second kappa shape index (κ2) is 5.44. The number of nitriles is 1. The van der Waals surface area contributed by atoms with E-state index in [1.165, 1.54) is 38.5 Å². The first kappa shape index (κ1) is 15.6. The lowest BCUT2D eigenvalue weighted by Crippen LogP contribution is -2.51. The van der Waals surface area contributed by atoms with Crippen LogP contribution in [0.3, 0.4) is 0 Å². The highest BCUT2D eigenvalue weighted by Gasteiger charge is 2.51. The topological polar surface area (TPSA) is 58.9 Å². The predicted molar refractivity (Wildman–Crippen MR) is 85.7 cm³/mol. The molecule has 3 nitrogen and oxygen atoms in total. The fourth-order valence-electron chi connectivity index (χ4n) is 5.39. The normalized spacial score (nSPS) is 40.8. The van der Waals surface area contributed by atoms with Crippen molar-refractivity contribution in [3.63, 3.8) is 0 Å². The van der Waals surface area contributed by atoms with Gasteiger partial charge in [0.15, 0.2) is 0 Å². The van der Waals surface area contributed by atoms with Gasteiger partial charge in [0.05, 0.1) is 6.07 Å². The zero-order chi connectivity index (χ0) is 15.3. The molecule has 0 saturated heterocycles. The van der Waals surface area contributed by atoms with E-state index in [9.17, 15) is 9.81 Å². The van der Waals surface area contributed by atoms with Crippen molar-refractivity contribution in [1.29, 1.82) is 5.26 Å². The van der Waals surface area contributed by atoms with Crippen LogP contribution in [0.4, 0.5) is 0 Å². The minimum absolute atomic E-state index is 0.263. The Hall–Kier alpha value is -0.240. The fourth-order valence-corrected chi connectivity index (χ4v) is 6.14. The predicted octanol–water partition coefficient (Wildman–Crippen LogP) is 3.54. The van der Waals surface area contributed by atoms with Crippen LogP contribution in [-0.4, -0.2) is 15.3 Å². The molecule has 4 bridgehead atoms. The van der Waals surface area contributed by atoms with E-state index in [2.05, 4.69) is 10.8 Å². The highest BCUT2D eigenvalue weighted by atomic mass is 32.2. The van der Waals surface area contributed by atoms with Gasteiger partial charge < -0.3 is 4.55 Å². The molecular weight excluding hydrogens is 280 g/mol. The lowest BCUT2D eigenvalue weighted by Gasteiger charge is -2.57. The summed E-state index contributed by atoms with van der Waals surface area (Å²) in [7, 11) is 0. The molecule has 21 heavy (non-hydrogen) atoms. The van der Waals surface area contributed by atoms with Crippen molar-refractivity contribution in [2.45, 2.75) is 76.5 Å². The average molecular weight is 308 g/mol. The van der Waals surface area contributed by atoms with Crippen molar-refractivity contribution >= 4 is 11.4 Å². The number of hydrogen-bond donors (Lipinski definition) is 1. The summed E-state index contributed by atoms with van der Waals surface area (Å²) < 4.78 is 15.1. The molecule has 4 fully saturated rings. The number of nitrogens with zero attached hydrogens (tertiary/aromatic N) is 1. The highest BCUT2D eigenvalue weighted by molar-refractivity contribution is 7.90. The van der Waals surface area contributed by atoms with E-state index in [0.717, 1.165) is 24.2 Å². The molecule has 4 rings (SSSR count).